The van der Waals surface area contributed by atoms with Crippen LogP contribution >= 0.6 is 0 Å². The van der Waals surface area contributed by atoms with E-state index in [1.165, 1.54) is 0 Å². The van der Waals surface area contributed by atoms with Gasteiger partial charge in [0.25, 0.3) is 0 Å². The Morgan fingerprint density at radius 1 is 0.447 bits per heavy atom. The molecule has 2 nitrogen and oxygen atoms in total. The van der Waals surface area contributed by atoms with Gasteiger partial charge < -0.3 is 10.2 Å². The second-order valence-corrected chi connectivity index (χ2v) is 9.43. The van der Waals surface area contributed by atoms with Gasteiger partial charge in [-0.15, -0.1) is 0 Å². The van der Waals surface area contributed by atoms with E-state index in [1.807, 2.05) is 123 Å². The summed E-state index contributed by atoms with van der Waals surface area (Å²) in [6.07, 6.45) is 0. The Morgan fingerprint density at radius 3 is 1.16 bits per heavy atom. The third-order valence-corrected chi connectivity index (χ3v) is 6.98. The molecule has 0 spiro atoms. The maximum atomic E-state index is 14.2. The number of hydrogen-bond donors (Lipinski definition) is 0. The fourth-order valence-electron chi connectivity index (χ4n) is 5.05. The van der Waals surface area contributed by atoms with Crippen molar-refractivity contribution in [1.29, 1.82) is 0 Å². The molecule has 4 heteroatoms. The van der Waals surface area contributed by atoms with Gasteiger partial charge in [0.1, 0.15) is 0 Å². The fourth-order valence-corrected chi connectivity index (χ4v) is 5.05. The van der Waals surface area contributed by atoms with Crippen molar-refractivity contribution in [2.75, 3.05) is 0 Å². The first-order valence-electron chi connectivity index (χ1n) is 12.1. The Kier molecular flexibility index (Phi) is 8.13. The molecule has 6 aromatic rings. The third kappa shape index (κ3) is 4.78. The van der Waals surface area contributed by atoms with Crippen molar-refractivity contribution in [1.82, 2.24) is 0 Å². The molecule has 0 aliphatic heterocycles. The van der Waals surface area contributed by atoms with Gasteiger partial charge in [-0.3, -0.25) is 0 Å². The van der Waals surface area contributed by atoms with E-state index in [-0.39, 0.29) is 49.2 Å². The quantitative estimate of drug-likeness (QED) is 0.364. The zero-order valence-electron chi connectivity index (χ0n) is 22.2. The minimum Gasteiger partial charge on any atom is -0.872 e. The van der Waals surface area contributed by atoms with Crippen molar-refractivity contribution >= 4 is 21.5 Å². The number of benzene rings is 6. The van der Waals surface area contributed by atoms with Crippen molar-refractivity contribution in [2.45, 2.75) is 13.8 Å². The number of hydrogen-bond acceptors (Lipinski definition) is 2. The molecule has 0 aliphatic rings. The summed E-state index contributed by atoms with van der Waals surface area (Å²) in [5.41, 5.74) is 6.11. The summed E-state index contributed by atoms with van der Waals surface area (Å²) in [5, 5.41) is 31.9. The fraction of sp³-hybridized carbons (Fsp3) is 0.0588. The Hall–Kier alpha value is -3.37. The van der Waals surface area contributed by atoms with Crippen molar-refractivity contribution in [2.24, 2.45) is 0 Å². The predicted octanol–water partition coefficient (Wildman–Crippen LogP) is 1.77. The van der Waals surface area contributed by atoms with Crippen LogP contribution in [-0.2, 0) is 0 Å². The van der Waals surface area contributed by atoms with E-state index < -0.39 is 0 Å². The van der Waals surface area contributed by atoms with Crippen molar-refractivity contribution in [3.63, 3.8) is 0 Å². The molecule has 0 N–H and O–H groups in total. The molecule has 0 atom stereocenters. The number of aryl methyl sites for hydroxylation is 2. The van der Waals surface area contributed by atoms with E-state index in [4.69, 9.17) is 0 Å². The first-order valence-corrected chi connectivity index (χ1v) is 12.1. The summed E-state index contributed by atoms with van der Waals surface area (Å²) in [4.78, 5) is 0. The normalized spacial score (nSPS) is 10.7. The van der Waals surface area contributed by atoms with Gasteiger partial charge in [-0.1, -0.05) is 120 Å². The van der Waals surface area contributed by atoms with Gasteiger partial charge in [0, 0.05) is 0 Å². The molecule has 0 saturated heterocycles. The maximum Gasteiger partial charge on any atom is 1.00 e. The molecular formula is C34H24Li2O2. The van der Waals surface area contributed by atoms with Crippen LogP contribution in [0.5, 0.6) is 11.5 Å². The Balaban J connectivity index is 0.00000168. The Morgan fingerprint density at radius 2 is 0.789 bits per heavy atom. The molecule has 0 aromatic heterocycles. The molecule has 0 aliphatic carbocycles. The first kappa shape index (κ1) is 27.7. The predicted molar refractivity (Wildman–Crippen MR) is 146 cm³/mol. The van der Waals surface area contributed by atoms with E-state index in [0.717, 1.165) is 43.8 Å². The zero-order valence-corrected chi connectivity index (χ0v) is 22.2. The first-order chi connectivity index (χ1) is 17.5. The van der Waals surface area contributed by atoms with Crippen LogP contribution in [0.2, 0.25) is 0 Å². The van der Waals surface area contributed by atoms with E-state index in [9.17, 15) is 10.2 Å². The summed E-state index contributed by atoms with van der Waals surface area (Å²) >= 11 is 0. The molecule has 0 fully saturated rings. The van der Waals surface area contributed by atoms with Gasteiger partial charge >= 0.3 is 37.7 Å². The second kappa shape index (κ2) is 11.2. The average Bonchev–Trinajstić information content (AvgIpc) is 2.90. The molecule has 174 valence electrons. The van der Waals surface area contributed by atoms with E-state index >= 15 is 0 Å². The molecule has 6 aromatic carbocycles. The smallest absolute Gasteiger partial charge is 0.872 e. The zero-order chi connectivity index (χ0) is 24.8. The van der Waals surface area contributed by atoms with Crippen molar-refractivity contribution < 1.29 is 47.9 Å². The summed E-state index contributed by atoms with van der Waals surface area (Å²) in [7, 11) is 0. The van der Waals surface area contributed by atoms with Crippen molar-refractivity contribution in [3.05, 3.63) is 120 Å². The number of rotatable bonds is 3. The molecule has 0 unspecified atom stereocenters. The summed E-state index contributed by atoms with van der Waals surface area (Å²) in [6.45, 7) is 4.06. The monoisotopic (exact) mass is 478 g/mol. The van der Waals surface area contributed by atoms with Gasteiger partial charge in [-0.25, -0.2) is 0 Å². The minimum atomic E-state index is -0.124. The van der Waals surface area contributed by atoms with Gasteiger partial charge in [0.05, 0.1) is 0 Å². The maximum absolute atomic E-state index is 14.2. The largest absolute Gasteiger partial charge is 1.00 e. The minimum absolute atomic E-state index is 0. The average molecular weight is 478 g/mol. The van der Waals surface area contributed by atoms with Crippen LogP contribution < -0.4 is 47.9 Å². The Labute approximate surface area is 247 Å². The van der Waals surface area contributed by atoms with Crippen LogP contribution in [0.4, 0.5) is 0 Å². The molecule has 0 radical (unpaired) electrons. The van der Waals surface area contributed by atoms with Crippen LogP contribution in [-0.4, -0.2) is 0 Å². The van der Waals surface area contributed by atoms with Crippen LogP contribution in [0.3, 0.4) is 0 Å². The SMILES string of the molecule is Cc1ccc(-c2cc3ccccc3c(-c3c([O-])c(-c4ccc(C)cc4)cc4ccccc34)c2[O-])cc1.[Li+].[Li+]. The van der Waals surface area contributed by atoms with E-state index in [2.05, 4.69) is 0 Å². The summed E-state index contributed by atoms with van der Waals surface area (Å²) in [5.74, 6) is -0.248. The van der Waals surface area contributed by atoms with Crippen LogP contribution in [0.1, 0.15) is 11.1 Å². The van der Waals surface area contributed by atoms with Gasteiger partial charge in [-0.05, 0) is 80.9 Å². The van der Waals surface area contributed by atoms with Crippen LogP contribution in [0.25, 0.3) is 54.9 Å². The molecule has 38 heavy (non-hydrogen) atoms. The molecule has 0 amide bonds. The molecule has 0 heterocycles. The summed E-state index contributed by atoms with van der Waals surface area (Å²) in [6, 6.07) is 35.5. The standard InChI is InChI=1S/C34H26O2.2Li/c1-21-11-15-23(16-12-21)29-19-25-7-3-5-9-27(25)31(33(29)35)32-28-10-6-4-8-26(28)20-30(34(32)36)24-17-13-22(2)14-18-24;;/h3-20,35-36H,1-2H3;;/q;2*+1/p-2. The van der Waals surface area contributed by atoms with Gasteiger partial charge in [-0.2, -0.15) is 0 Å². The molecule has 6 rings (SSSR count). The van der Waals surface area contributed by atoms with Crippen molar-refractivity contribution in [3.8, 4) is 44.9 Å². The van der Waals surface area contributed by atoms with Gasteiger partial charge in [0.15, 0.2) is 0 Å². The van der Waals surface area contributed by atoms with Crippen LogP contribution in [0.15, 0.2) is 109 Å². The van der Waals surface area contributed by atoms with E-state index in [0.29, 0.717) is 22.3 Å². The van der Waals surface area contributed by atoms with Crippen LogP contribution in [0, 0.1) is 13.8 Å². The molecular weight excluding hydrogens is 454 g/mol. The summed E-state index contributed by atoms with van der Waals surface area (Å²) < 4.78 is 0. The van der Waals surface area contributed by atoms with E-state index in [1.54, 1.807) is 0 Å². The third-order valence-electron chi connectivity index (χ3n) is 6.98. The van der Waals surface area contributed by atoms with Gasteiger partial charge in [0.2, 0.25) is 0 Å². The second-order valence-electron chi connectivity index (χ2n) is 9.43. The Bertz CT molecular complexity index is 1620. The number of fused-ring (bicyclic) bond motifs is 2. The molecule has 0 bridgehead atoms. The molecule has 0 saturated carbocycles. The topological polar surface area (TPSA) is 46.1 Å².